The molecule has 0 aliphatic carbocycles. The molecule has 3 rings (SSSR count). The van der Waals surface area contributed by atoms with Crippen molar-refractivity contribution in [3.8, 4) is 0 Å². The molecule has 2 aromatic rings. The molecular weight excluding hydrogens is 238 g/mol. The van der Waals surface area contributed by atoms with Crippen molar-refractivity contribution in [3.63, 3.8) is 0 Å². The van der Waals surface area contributed by atoms with Gasteiger partial charge >= 0.3 is 0 Å². The Morgan fingerprint density at radius 1 is 1.37 bits per heavy atom. The molecule has 4 nitrogen and oxygen atoms in total. The Hall–Kier alpha value is -2.36. The summed E-state index contributed by atoms with van der Waals surface area (Å²) in [7, 11) is 1.95. The van der Waals surface area contributed by atoms with Crippen LogP contribution in [0.3, 0.4) is 0 Å². The largest absolute Gasteiger partial charge is 0.351 e. The van der Waals surface area contributed by atoms with Crippen molar-refractivity contribution in [1.29, 1.82) is 0 Å². The lowest BCUT2D eigenvalue weighted by molar-refractivity contribution is -0.116. The number of imidazole rings is 1. The third-order valence-corrected chi connectivity index (χ3v) is 3.44. The molecule has 0 saturated carbocycles. The van der Waals surface area contributed by atoms with E-state index in [0.29, 0.717) is 6.54 Å². The van der Waals surface area contributed by atoms with Crippen LogP contribution < -0.4 is 5.32 Å². The maximum Gasteiger partial charge on any atom is 0.248 e. The molecule has 1 fully saturated rings. The van der Waals surface area contributed by atoms with E-state index >= 15 is 0 Å². The van der Waals surface area contributed by atoms with Gasteiger partial charge in [-0.25, -0.2) is 4.98 Å². The standard InChI is InChI=1S/C15H15N3O/c1-18-10-16-9-14(18)13-8-17-15(19)12(13)7-11-5-3-2-4-6-11/h2-7,9-10,13H,8H2,1H3,(H,17,19)/t13-/m1/s1. The fourth-order valence-corrected chi connectivity index (χ4v) is 2.43. The molecule has 19 heavy (non-hydrogen) atoms. The minimum absolute atomic E-state index is 0.00931. The predicted molar refractivity (Wildman–Crippen MR) is 73.4 cm³/mol. The van der Waals surface area contributed by atoms with Gasteiger partial charge in [-0.1, -0.05) is 30.3 Å². The first-order valence-electron chi connectivity index (χ1n) is 6.27. The minimum Gasteiger partial charge on any atom is -0.351 e. The first kappa shape index (κ1) is 11.7. The number of amides is 1. The Labute approximate surface area is 111 Å². The van der Waals surface area contributed by atoms with E-state index in [0.717, 1.165) is 16.8 Å². The zero-order valence-corrected chi connectivity index (χ0v) is 10.7. The lowest BCUT2D eigenvalue weighted by Gasteiger charge is -2.10. The van der Waals surface area contributed by atoms with Gasteiger partial charge in [-0.2, -0.15) is 0 Å². The van der Waals surface area contributed by atoms with Gasteiger partial charge in [0.05, 0.1) is 6.33 Å². The van der Waals surface area contributed by atoms with Gasteiger partial charge in [0.25, 0.3) is 0 Å². The average Bonchev–Trinajstić information content (AvgIpc) is 2.99. The maximum absolute atomic E-state index is 12.0. The molecule has 1 saturated heterocycles. The molecule has 0 radical (unpaired) electrons. The highest BCUT2D eigenvalue weighted by molar-refractivity contribution is 6.01. The maximum atomic E-state index is 12.0. The number of hydrogen-bond acceptors (Lipinski definition) is 2. The molecule has 1 amide bonds. The molecule has 0 unspecified atom stereocenters. The van der Waals surface area contributed by atoms with Gasteiger partial charge in [-0.3, -0.25) is 4.79 Å². The van der Waals surface area contributed by atoms with E-state index in [9.17, 15) is 4.79 Å². The summed E-state index contributed by atoms with van der Waals surface area (Å²) in [6.07, 6.45) is 5.54. The number of nitrogens with zero attached hydrogens (tertiary/aromatic N) is 2. The van der Waals surface area contributed by atoms with Crippen molar-refractivity contribution in [2.75, 3.05) is 6.54 Å². The van der Waals surface area contributed by atoms with Gasteiger partial charge in [0.2, 0.25) is 5.91 Å². The quantitative estimate of drug-likeness (QED) is 0.828. The summed E-state index contributed by atoms with van der Waals surface area (Å²) in [5.74, 6) is 0.0789. The summed E-state index contributed by atoms with van der Waals surface area (Å²) >= 11 is 0. The highest BCUT2D eigenvalue weighted by atomic mass is 16.2. The number of aryl methyl sites for hydroxylation is 1. The van der Waals surface area contributed by atoms with Crippen molar-refractivity contribution in [3.05, 3.63) is 59.7 Å². The van der Waals surface area contributed by atoms with E-state index in [1.807, 2.05) is 54.2 Å². The number of nitrogens with one attached hydrogen (secondary N) is 1. The fourth-order valence-electron chi connectivity index (χ4n) is 2.43. The highest BCUT2D eigenvalue weighted by Crippen LogP contribution is 2.29. The van der Waals surface area contributed by atoms with Gasteiger partial charge in [0.15, 0.2) is 0 Å². The Kier molecular flexibility index (Phi) is 2.91. The number of rotatable bonds is 2. The van der Waals surface area contributed by atoms with Crippen LogP contribution in [-0.4, -0.2) is 22.0 Å². The predicted octanol–water partition coefficient (Wildman–Crippen LogP) is 1.72. The monoisotopic (exact) mass is 253 g/mol. The summed E-state index contributed by atoms with van der Waals surface area (Å²) in [4.78, 5) is 16.1. The molecule has 1 aromatic heterocycles. The van der Waals surface area contributed by atoms with E-state index in [2.05, 4.69) is 10.3 Å². The number of carbonyl (C=O) groups is 1. The Morgan fingerprint density at radius 2 is 2.16 bits per heavy atom. The normalized spacial score (nSPS) is 20.8. The first-order valence-corrected chi connectivity index (χ1v) is 6.27. The molecular formula is C15H15N3O. The van der Waals surface area contributed by atoms with E-state index in [1.54, 1.807) is 6.33 Å². The van der Waals surface area contributed by atoms with Crippen molar-refractivity contribution in [2.45, 2.75) is 5.92 Å². The summed E-state index contributed by atoms with van der Waals surface area (Å²) in [6, 6.07) is 9.91. The van der Waals surface area contributed by atoms with Crippen LogP contribution in [0.5, 0.6) is 0 Å². The van der Waals surface area contributed by atoms with E-state index in [1.165, 1.54) is 0 Å². The second-order valence-electron chi connectivity index (χ2n) is 4.70. The Morgan fingerprint density at radius 3 is 2.84 bits per heavy atom. The van der Waals surface area contributed by atoms with Crippen LogP contribution in [-0.2, 0) is 11.8 Å². The topological polar surface area (TPSA) is 46.9 Å². The van der Waals surface area contributed by atoms with E-state index in [4.69, 9.17) is 0 Å². The first-order chi connectivity index (χ1) is 9.25. The second-order valence-corrected chi connectivity index (χ2v) is 4.70. The molecule has 1 aliphatic rings. The molecule has 1 N–H and O–H groups in total. The Balaban J connectivity index is 2.00. The van der Waals surface area contributed by atoms with Crippen molar-refractivity contribution < 1.29 is 4.79 Å². The number of benzene rings is 1. The zero-order chi connectivity index (χ0) is 13.2. The molecule has 0 spiro atoms. The van der Waals surface area contributed by atoms with Crippen molar-refractivity contribution in [1.82, 2.24) is 14.9 Å². The van der Waals surface area contributed by atoms with Crippen molar-refractivity contribution in [2.24, 2.45) is 7.05 Å². The van der Waals surface area contributed by atoms with Crippen LogP contribution in [0.4, 0.5) is 0 Å². The lowest BCUT2D eigenvalue weighted by Crippen LogP contribution is -2.14. The van der Waals surface area contributed by atoms with Crippen LogP contribution in [0.2, 0.25) is 0 Å². The third kappa shape index (κ3) is 2.17. The molecule has 96 valence electrons. The molecule has 2 heterocycles. The molecule has 1 aliphatic heterocycles. The van der Waals surface area contributed by atoms with Crippen molar-refractivity contribution >= 4 is 12.0 Å². The molecule has 1 atom stereocenters. The number of hydrogen-bond donors (Lipinski definition) is 1. The highest BCUT2D eigenvalue weighted by Gasteiger charge is 2.31. The van der Waals surface area contributed by atoms with Crippen LogP contribution in [0.25, 0.3) is 6.08 Å². The van der Waals surface area contributed by atoms with Crippen LogP contribution in [0.1, 0.15) is 17.2 Å². The zero-order valence-electron chi connectivity index (χ0n) is 10.7. The minimum atomic E-state index is 0.00931. The Bertz CT molecular complexity index is 628. The molecule has 0 bridgehead atoms. The van der Waals surface area contributed by atoms with Gasteiger partial charge in [-0.05, 0) is 11.6 Å². The number of aromatic nitrogens is 2. The van der Waals surface area contributed by atoms with Crippen LogP contribution in [0.15, 0.2) is 48.4 Å². The second kappa shape index (κ2) is 4.72. The molecule has 4 heteroatoms. The summed E-state index contributed by atoms with van der Waals surface area (Å²) < 4.78 is 1.96. The van der Waals surface area contributed by atoms with Gasteiger partial charge in [0.1, 0.15) is 0 Å². The smallest absolute Gasteiger partial charge is 0.248 e. The summed E-state index contributed by atoms with van der Waals surface area (Å²) in [5, 5.41) is 2.91. The van der Waals surface area contributed by atoms with Gasteiger partial charge < -0.3 is 9.88 Å². The van der Waals surface area contributed by atoms with Crippen LogP contribution in [0, 0.1) is 0 Å². The fraction of sp³-hybridized carbons (Fsp3) is 0.200. The number of carbonyl (C=O) groups excluding carboxylic acids is 1. The van der Waals surface area contributed by atoms with Crippen LogP contribution >= 0.6 is 0 Å². The lowest BCUT2D eigenvalue weighted by atomic mass is 9.97. The third-order valence-electron chi connectivity index (χ3n) is 3.44. The SMILES string of the molecule is Cn1cncc1[C@@H]1CNC(=O)C1=Cc1ccccc1. The van der Waals surface area contributed by atoms with Gasteiger partial charge in [-0.15, -0.1) is 0 Å². The summed E-state index contributed by atoms with van der Waals surface area (Å²) in [5.41, 5.74) is 2.90. The summed E-state index contributed by atoms with van der Waals surface area (Å²) in [6.45, 7) is 0.636. The molecule has 1 aromatic carbocycles. The van der Waals surface area contributed by atoms with E-state index in [-0.39, 0.29) is 11.8 Å². The van der Waals surface area contributed by atoms with Gasteiger partial charge in [0, 0.05) is 37.0 Å². The average molecular weight is 253 g/mol. The van der Waals surface area contributed by atoms with E-state index < -0.39 is 0 Å².